The van der Waals surface area contributed by atoms with Crippen LogP contribution in [0, 0.1) is 17.5 Å². The van der Waals surface area contributed by atoms with E-state index in [1.807, 2.05) is 0 Å². The molecule has 14 heavy (non-hydrogen) atoms. The lowest BCUT2D eigenvalue weighted by atomic mass is 10.1. The summed E-state index contributed by atoms with van der Waals surface area (Å²) in [6.45, 7) is -0.0977. The summed E-state index contributed by atoms with van der Waals surface area (Å²) in [4.78, 5) is 0. The zero-order valence-corrected chi connectivity index (χ0v) is 7.95. The van der Waals surface area contributed by atoms with Gasteiger partial charge in [0.2, 0.25) is 0 Å². The van der Waals surface area contributed by atoms with Crippen LogP contribution in [0.25, 0.3) is 0 Å². The Morgan fingerprint density at radius 2 is 1.57 bits per heavy atom. The van der Waals surface area contributed by atoms with Crippen LogP contribution in [0.5, 0.6) is 0 Å². The molecule has 1 aromatic carbocycles. The summed E-state index contributed by atoms with van der Waals surface area (Å²) in [5, 5.41) is 0. The third-order valence-corrected chi connectivity index (χ3v) is 1.67. The Morgan fingerprint density at radius 1 is 1.14 bits per heavy atom. The minimum Gasteiger partial charge on any atom is -0.329 e. The lowest BCUT2D eigenvalue weighted by molar-refractivity contribution is 0.504. The molecular weight excluding hydrogens is 217 g/mol. The zero-order chi connectivity index (χ0) is 10.0. The average Bonchev–Trinajstić information content (AvgIpc) is 2.02. The quantitative estimate of drug-likeness (QED) is 0.803. The van der Waals surface area contributed by atoms with Gasteiger partial charge in [0.1, 0.15) is 17.5 Å². The number of nitrogens with two attached hydrogens (primary N) is 2. The maximum absolute atomic E-state index is 12.9. The molecule has 4 N–H and O–H groups in total. The molecule has 0 fully saturated rings. The van der Waals surface area contributed by atoms with E-state index in [0.29, 0.717) is 12.1 Å². The monoisotopic (exact) mass is 226 g/mol. The summed E-state index contributed by atoms with van der Waals surface area (Å²) in [5.41, 5.74) is 10.1. The van der Waals surface area contributed by atoms with Crippen LogP contribution in [0.1, 0.15) is 11.6 Å². The van der Waals surface area contributed by atoms with Gasteiger partial charge in [0.15, 0.2) is 0 Å². The summed E-state index contributed by atoms with van der Waals surface area (Å²) in [6, 6.07) is 0.211. The highest BCUT2D eigenvalue weighted by atomic mass is 35.5. The molecule has 1 atom stereocenters. The lowest BCUT2D eigenvalue weighted by Gasteiger charge is -2.11. The van der Waals surface area contributed by atoms with E-state index in [2.05, 4.69) is 0 Å². The molecule has 1 rings (SSSR count). The second kappa shape index (κ2) is 5.19. The molecule has 1 aromatic rings. The predicted molar refractivity (Wildman–Crippen MR) is 49.5 cm³/mol. The van der Waals surface area contributed by atoms with E-state index in [1.165, 1.54) is 0 Å². The van der Waals surface area contributed by atoms with Gasteiger partial charge in [-0.05, 0) is 0 Å². The van der Waals surface area contributed by atoms with E-state index in [4.69, 9.17) is 11.5 Å². The van der Waals surface area contributed by atoms with Crippen molar-refractivity contribution in [1.82, 2.24) is 0 Å². The minimum absolute atomic E-state index is 0. The van der Waals surface area contributed by atoms with Crippen molar-refractivity contribution in [3.63, 3.8) is 0 Å². The van der Waals surface area contributed by atoms with Crippen LogP contribution in [0.15, 0.2) is 12.1 Å². The molecule has 0 aromatic heterocycles. The molecule has 0 aliphatic carbocycles. The highest BCUT2D eigenvalue weighted by Crippen LogP contribution is 2.19. The summed E-state index contributed by atoms with van der Waals surface area (Å²) < 4.78 is 38.3. The van der Waals surface area contributed by atoms with E-state index >= 15 is 0 Å². The standard InChI is InChI=1S/C8H9F3N2.ClH/c9-4-1-5(10)8(6(11)2-4)7(13)3-12;/h1-2,7H,3,12-13H2;1H/t7-;/m0./s1. The molecule has 0 aliphatic heterocycles. The van der Waals surface area contributed by atoms with Gasteiger partial charge in [0.25, 0.3) is 0 Å². The molecule has 0 radical (unpaired) electrons. The molecule has 0 amide bonds. The van der Waals surface area contributed by atoms with Crippen LogP contribution in [0.2, 0.25) is 0 Å². The van der Waals surface area contributed by atoms with Crippen molar-refractivity contribution in [1.29, 1.82) is 0 Å². The van der Waals surface area contributed by atoms with Crippen LogP contribution < -0.4 is 11.5 Å². The molecule has 0 unspecified atom stereocenters. The van der Waals surface area contributed by atoms with Gasteiger partial charge in [-0.1, -0.05) is 0 Å². The van der Waals surface area contributed by atoms with Crippen LogP contribution in [0.3, 0.4) is 0 Å². The maximum atomic E-state index is 12.9. The summed E-state index contributed by atoms with van der Waals surface area (Å²) >= 11 is 0. The van der Waals surface area contributed by atoms with Gasteiger partial charge in [-0.25, -0.2) is 13.2 Å². The summed E-state index contributed by atoms with van der Waals surface area (Å²) in [6.07, 6.45) is 0. The fourth-order valence-corrected chi connectivity index (χ4v) is 1.03. The highest BCUT2D eigenvalue weighted by molar-refractivity contribution is 5.85. The lowest BCUT2D eigenvalue weighted by Crippen LogP contribution is -2.23. The van der Waals surface area contributed by atoms with Crippen molar-refractivity contribution in [2.75, 3.05) is 6.54 Å². The third kappa shape index (κ3) is 2.60. The van der Waals surface area contributed by atoms with Gasteiger partial charge < -0.3 is 11.5 Å². The maximum Gasteiger partial charge on any atom is 0.133 e. The van der Waals surface area contributed by atoms with Crippen LogP contribution >= 0.6 is 12.4 Å². The third-order valence-electron chi connectivity index (χ3n) is 1.67. The molecule has 0 heterocycles. The normalized spacial score (nSPS) is 12.1. The molecule has 0 aliphatic rings. The van der Waals surface area contributed by atoms with Crippen LogP contribution in [-0.4, -0.2) is 6.54 Å². The Hall–Kier alpha value is -0.780. The van der Waals surface area contributed by atoms with Gasteiger partial charge in [-0.2, -0.15) is 0 Å². The van der Waals surface area contributed by atoms with Crippen molar-refractivity contribution in [3.05, 3.63) is 35.1 Å². The van der Waals surface area contributed by atoms with E-state index in [1.54, 1.807) is 0 Å². The molecule has 0 bridgehead atoms. The largest absolute Gasteiger partial charge is 0.329 e. The van der Waals surface area contributed by atoms with E-state index in [-0.39, 0.29) is 24.5 Å². The first-order chi connectivity index (χ1) is 6.06. The minimum atomic E-state index is -1.00. The van der Waals surface area contributed by atoms with Crippen molar-refractivity contribution in [3.8, 4) is 0 Å². The first kappa shape index (κ1) is 13.2. The van der Waals surface area contributed by atoms with Crippen molar-refractivity contribution >= 4 is 12.4 Å². The van der Waals surface area contributed by atoms with E-state index in [9.17, 15) is 13.2 Å². The van der Waals surface area contributed by atoms with Crippen molar-refractivity contribution in [2.45, 2.75) is 6.04 Å². The molecule has 6 heteroatoms. The number of hydrogen-bond acceptors (Lipinski definition) is 2. The molecule has 2 nitrogen and oxygen atoms in total. The van der Waals surface area contributed by atoms with Crippen molar-refractivity contribution < 1.29 is 13.2 Å². The Labute approximate surface area is 85.5 Å². The van der Waals surface area contributed by atoms with Gasteiger partial charge in [0, 0.05) is 30.3 Å². The fraction of sp³-hybridized carbons (Fsp3) is 0.250. The Morgan fingerprint density at radius 3 is 1.93 bits per heavy atom. The SMILES string of the molecule is Cl.NC[C@H](N)c1c(F)cc(F)cc1F. The highest BCUT2D eigenvalue weighted by Gasteiger charge is 2.16. The summed E-state index contributed by atoms with van der Waals surface area (Å²) in [5.74, 6) is -2.98. The summed E-state index contributed by atoms with van der Waals surface area (Å²) in [7, 11) is 0. The number of halogens is 4. The molecule has 0 spiro atoms. The van der Waals surface area contributed by atoms with Gasteiger partial charge in [-0.3, -0.25) is 0 Å². The van der Waals surface area contributed by atoms with Gasteiger partial charge >= 0.3 is 0 Å². The Balaban J connectivity index is 0.00000169. The fourth-order valence-electron chi connectivity index (χ4n) is 1.03. The average molecular weight is 227 g/mol. The van der Waals surface area contributed by atoms with E-state index in [0.717, 1.165) is 0 Å². The molecule has 0 saturated carbocycles. The van der Waals surface area contributed by atoms with Gasteiger partial charge in [-0.15, -0.1) is 12.4 Å². The van der Waals surface area contributed by atoms with E-state index < -0.39 is 23.5 Å². The van der Waals surface area contributed by atoms with Crippen LogP contribution in [-0.2, 0) is 0 Å². The smallest absolute Gasteiger partial charge is 0.133 e. The topological polar surface area (TPSA) is 52.0 Å². The Kier molecular flexibility index (Phi) is 4.90. The predicted octanol–water partition coefficient (Wildman–Crippen LogP) is 1.48. The zero-order valence-electron chi connectivity index (χ0n) is 7.14. The second-order valence-electron chi connectivity index (χ2n) is 2.63. The molecule has 0 saturated heterocycles. The molecule has 80 valence electrons. The van der Waals surface area contributed by atoms with Gasteiger partial charge in [0.05, 0.1) is 0 Å². The van der Waals surface area contributed by atoms with Crippen LogP contribution in [0.4, 0.5) is 13.2 Å². The number of benzene rings is 1. The first-order valence-electron chi connectivity index (χ1n) is 3.66. The number of hydrogen-bond donors (Lipinski definition) is 2. The van der Waals surface area contributed by atoms with Crippen molar-refractivity contribution in [2.24, 2.45) is 11.5 Å². The Bertz CT molecular complexity index is 296. The second-order valence-corrected chi connectivity index (χ2v) is 2.63. The number of rotatable bonds is 2. The first-order valence-corrected chi connectivity index (χ1v) is 3.66. The molecular formula is C8H10ClF3N2.